The number of hydrogen-bond donors (Lipinski definition) is 0. The largest absolute Gasteiger partial charge is 0.408 e. The molecule has 2 aliphatic rings. The van der Waals surface area contributed by atoms with Crippen LogP contribution in [0.3, 0.4) is 0 Å². The molecule has 0 radical (unpaired) electrons. The molecular formula is C28H35F2O8P. The molecule has 0 spiro atoms. The van der Waals surface area contributed by atoms with Crippen LogP contribution in [0.5, 0.6) is 0 Å². The van der Waals surface area contributed by atoms with Crippen molar-refractivity contribution < 1.29 is 46.1 Å². The minimum atomic E-state index is -5.36. The molecular weight excluding hydrogens is 533 g/mol. The molecule has 3 unspecified atom stereocenters. The lowest BCUT2D eigenvalue weighted by molar-refractivity contribution is -0.225. The second-order valence-corrected chi connectivity index (χ2v) is 11.5. The molecule has 0 N–H and O–H groups in total. The van der Waals surface area contributed by atoms with E-state index in [4.69, 9.17) is 28.0 Å². The summed E-state index contributed by atoms with van der Waals surface area (Å²) in [5.41, 5.74) is -3.55. The molecule has 2 saturated heterocycles. The summed E-state index contributed by atoms with van der Waals surface area (Å²) in [5.74, 6) is -1.75. The highest BCUT2D eigenvalue weighted by Crippen LogP contribution is 2.63. The molecule has 214 valence electrons. The van der Waals surface area contributed by atoms with E-state index in [1.54, 1.807) is 60.7 Å². The highest BCUT2D eigenvalue weighted by atomic mass is 31.2. The zero-order chi connectivity index (χ0) is 27.6. The molecule has 2 aromatic carbocycles. The summed E-state index contributed by atoms with van der Waals surface area (Å²) in [6.45, 7) is -0.551. The predicted octanol–water partition coefficient (Wildman–Crippen LogP) is 6.23. The van der Waals surface area contributed by atoms with Crippen LogP contribution in [-0.2, 0) is 50.6 Å². The fourth-order valence-electron chi connectivity index (χ4n) is 4.21. The Labute approximate surface area is 227 Å². The summed E-state index contributed by atoms with van der Waals surface area (Å²) in [6.07, 6.45) is 0.989. The van der Waals surface area contributed by atoms with Crippen LogP contribution in [0.25, 0.3) is 0 Å². The number of alkyl halides is 2. The Morgan fingerprint density at radius 2 is 1.36 bits per heavy atom. The van der Waals surface area contributed by atoms with Crippen molar-refractivity contribution in [1.29, 1.82) is 0 Å². The van der Waals surface area contributed by atoms with E-state index in [1.165, 1.54) is 0 Å². The molecule has 4 rings (SSSR count). The van der Waals surface area contributed by atoms with Crippen molar-refractivity contribution in [2.45, 2.75) is 76.1 Å². The molecule has 39 heavy (non-hydrogen) atoms. The maximum absolute atomic E-state index is 16.0. The van der Waals surface area contributed by atoms with E-state index in [0.29, 0.717) is 37.2 Å². The predicted molar refractivity (Wildman–Crippen MR) is 138 cm³/mol. The van der Waals surface area contributed by atoms with Gasteiger partial charge in [0.05, 0.1) is 19.8 Å². The zero-order valence-electron chi connectivity index (χ0n) is 21.8. The van der Waals surface area contributed by atoms with Gasteiger partial charge in [-0.1, -0.05) is 60.7 Å². The standard InChI is InChI=1S/C28H35F2O8P/c29-28(30,27(31)24(38-26-16-8-10-18-34-26)21-35-25-15-7-9-17-33-25)39(32,36-19-22-11-3-1-4-12-22)37-20-23-13-5-2-6-14-23/h1-6,11-14,24-26H,7-10,15-21H2. The lowest BCUT2D eigenvalue weighted by Crippen LogP contribution is -2.45. The van der Waals surface area contributed by atoms with Crippen LogP contribution in [0.15, 0.2) is 60.7 Å². The third-order valence-electron chi connectivity index (χ3n) is 6.45. The number of carbonyl (C=O) groups excluding carboxylic acids is 1. The summed E-state index contributed by atoms with van der Waals surface area (Å²) < 4.78 is 78.6. The van der Waals surface area contributed by atoms with E-state index in [-0.39, 0.29) is 0 Å². The number of hydrogen-bond acceptors (Lipinski definition) is 8. The van der Waals surface area contributed by atoms with Crippen LogP contribution in [0.2, 0.25) is 0 Å². The fourth-order valence-corrected chi connectivity index (χ4v) is 5.66. The zero-order valence-corrected chi connectivity index (χ0v) is 22.6. The number of benzene rings is 2. The van der Waals surface area contributed by atoms with Crippen molar-refractivity contribution in [3.05, 3.63) is 71.8 Å². The molecule has 8 nitrogen and oxygen atoms in total. The highest BCUT2D eigenvalue weighted by molar-refractivity contribution is 7.56. The van der Waals surface area contributed by atoms with E-state index in [9.17, 15) is 9.36 Å². The van der Waals surface area contributed by atoms with Gasteiger partial charge in [-0.25, -0.2) is 0 Å². The van der Waals surface area contributed by atoms with E-state index >= 15 is 8.78 Å². The summed E-state index contributed by atoms with van der Waals surface area (Å²) in [7, 11) is -5.36. The van der Waals surface area contributed by atoms with Gasteiger partial charge in [0.25, 0.3) is 0 Å². The van der Waals surface area contributed by atoms with Gasteiger partial charge in [0.15, 0.2) is 12.6 Å². The minimum Gasteiger partial charge on any atom is -0.353 e. The van der Waals surface area contributed by atoms with E-state index in [0.717, 1.165) is 25.7 Å². The summed E-state index contributed by atoms with van der Waals surface area (Å²) in [5, 5.41) is 0. The summed E-state index contributed by atoms with van der Waals surface area (Å²) in [4.78, 5) is 13.4. The molecule has 2 aromatic rings. The number of rotatable bonds is 14. The maximum Gasteiger partial charge on any atom is 0.408 e. The van der Waals surface area contributed by atoms with Crippen molar-refractivity contribution in [3.8, 4) is 0 Å². The molecule has 0 aliphatic carbocycles. The minimum absolute atomic E-state index is 0.382. The van der Waals surface area contributed by atoms with Crippen LogP contribution >= 0.6 is 7.60 Å². The lowest BCUT2D eigenvalue weighted by atomic mass is 10.2. The van der Waals surface area contributed by atoms with E-state index in [2.05, 4.69) is 0 Å². The first-order valence-electron chi connectivity index (χ1n) is 13.3. The first-order chi connectivity index (χ1) is 18.9. The van der Waals surface area contributed by atoms with Gasteiger partial charge in [0.2, 0.25) is 5.78 Å². The van der Waals surface area contributed by atoms with Gasteiger partial charge >= 0.3 is 13.3 Å². The van der Waals surface area contributed by atoms with Gasteiger partial charge in [-0.05, 0) is 49.7 Å². The van der Waals surface area contributed by atoms with Gasteiger partial charge in [-0.3, -0.25) is 18.4 Å². The van der Waals surface area contributed by atoms with Gasteiger partial charge in [0.1, 0.15) is 6.10 Å². The van der Waals surface area contributed by atoms with E-state index in [1.807, 2.05) is 0 Å². The maximum atomic E-state index is 16.0. The lowest BCUT2D eigenvalue weighted by Gasteiger charge is -2.32. The van der Waals surface area contributed by atoms with Crippen LogP contribution in [-0.4, -0.2) is 50.0 Å². The van der Waals surface area contributed by atoms with Crippen molar-refractivity contribution in [2.75, 3.05) is 19.8 Å². The average Bonchev–Trinajstić information content (AvgIpc) is 2.99. The molecule has 2 fully saturated rings. The van der Waals surface area contributed by atoms with Crippen LogP contribution in [0.1, 0.15) is 49.7 Å². The molecule has 0 saturated carbocycles. The molecule has 3 atom stereocenters. The third kappa shape index (κ3) is 8.47. The first kappa shape index (κ1) is 29.9. The molecule has 2 heterocycles. The van der Waals surface area contributed by atoms with Gasteiger partial charge in [0, 0.05) is 13.2 Å². The Bertz CT molecular complexity index is 1010. The normalized spacial score (nSPS) is 21.4. The third-order valence-corrected chi connectivity index (χ3v) is 8.29. The smallest absolute Gasteiger partial charge is 0.353 e. The Morgan fingerprint density at radius 1 is 0.846 bits per heavy atom. The Hall–Kier alpha value is -2.04. The molecule has 0 bridgehead atoms. The van der Waals surface area contributed by atoms with Crippen molar-refractivity contribution in [1.82, 2.24) is 0 Å². The second-order valence-electron chi connectivity index (χ2n) is 9.47. The van der Waals surface area contributed by atoms with Gasteiger partial charge in [-0.2, -0.15) is 8.78 Å². The molecule has 2 aliphatic heterocycles. The van der Waals surface area contributed by atoms with Gasteiger partial charge < -0.3 is 18.9 Å². The SMILES string of the molecule is O=C(C(COC1CCCCO1)OC1CCCCO1)C(F)(F)P(=O)(OCc1ccccc1)OCc1ccccc1. The van der Waals surface area contributed by atoms with Crippen molar-refractivity contribution in [2.24, 2.45) is 0 Å². The average molecular weight is 569 g/mol. The first-order valence-corrected chi connectivity index (χ1v) is 14.8. The summed E-state index contributed by atoms with van der Waals surface area (Å²) in [6, 6.07) is 16.8. The van der Waals surface area contributed by atoms with Gasteiger partial charge in [-0.15, -0.1) is 0 Å². The number of Topliss-reactive ketones (excluding diaryl/α,β-unsaturated/α-hetero) is 1. The van der Waals surface area contributed by atoms with Crippen LogP contribution in [0, 0.1) is 0 Å². The Balaban J connectivity index is 1.54. The van der Waals surface area contributed by atoms with Crippen LogP contribution in [0.4, 0.5) is 8.78 Å². The number of ketones is 1. The monoisotopic (exact) mass is 568 g/mol. The van der Waals surface area contributed by atoms with E-state index < -0.39 is 57.5 Å². The Kier molecular flexibility index (Phi) is 11.2. The van der Waals surface area contributed by atoms with Crippen LogP contribution < -0.4 is 0 Å². The quantitative estimate of drug-likeness (QED) is 0.248. The molecule has 11 heteroatoms. The number of halogens is 2. The Morgan fingerprint density at radius 3 is 1.85 bits per heavy atom. The topological polar surface area (TPSA) is 89.5 Å². The summed E-state index contributed by atoms with van der Waals surface area (Å²) >= 11 is 0. The number of ether oxygens (including phenoxy) is 4. The molecule has 0 aromatic heterocycles. The van der Waals surface area contributed by atoms with Crippen molar-refractivity contribution in [3.63, 3.8) is 0 Å². The molecule has 0 amide bonds. The second kappa shape index (κ2) is 14.6. The fraction of sp³-hybridized carbons (Fsp3) is 0.536. The highest BCUT2D eigenvalue weighted by Gasteiger charge is 2.62. The van der Waals surface area contributed by atoms with Crippen molar-refractivity contribution >= 4 is 13.4 Å². The number of carbonyl (C=O) groups is 1.